The van der Waals surface area contributed by atoms with Crippen LogP contribution < -0.4 is 0 Å². The fourth-order valence-corrected chi connectivity index (χ4v) is 3.80. The van der Waals surface area contributed by atoms with Crippen molar-refractivity contribution in [3.63, 3.8) is 0 Å². The van der Waals surface area contributed by atoms with E-state index in [1.165, 1.54) is 103 Å². The van der Waals surface area contributed by atoms with Gasteiger partial charge in [0.25, 0.3) is 0 Å². The molecule has 0 radical (unpaired) electrons. The minimum Gasteiger partial charge on any atom is -0.466 e. The molecule has 4 heteroatoms. The SMILES string of the molecule is CCCCCCCCCCCC(=O)OCC.CCCCCCCCCCCC(=O)OCCCC. The predicted octanol–water partition coefficient (Wildman–Crippen LogP) is 9.72. The zero-order valence-corrected chi connectivity index (χ0v) is 23.6. The first-order valence-electron chi connectivity index (χ1n) is 14.9. The number of esters is 2. The Morgan fingerprint density at radius 2 is 0.735 bits per heavy atom. The maximum absolute atomic E-state index is 11.3. The highest BCUT2D eigenvalue weighted by Crippen LogP contribution is 2.11. The summed E-state index contributed by atoms with van der Waals surface area (Å²) in [5.41, 5.74) is 0. The Hall–Kier alpha value is -1.06. The van der Waals surface area contributed by atoms with E-state index in [0.29, 0.717) is 26.1 Å². The molecule has 0 aromatic rings. The third-order valence-electron chi connectivity index (χ3n) is 6.04. The molecule has 0 aliphatic rings. The molecule has 0 aromatic heterocycles. The fourth-order valence-electron chi connectivity index (χ4n) is 3.80. The van der Waals surface area contributed by atoms with Crippen molar-refractivity contribution in [2.45, 2.75) is 169 Å². The second kappa shape index (κ2) is 31.9. The van der Waals surface area contributed by atoms with Crippen LogP contribution in [-0.2, 0) is 19.1 Å². The summed E-state index contributed by atoms with van der Waals surface area (Å²) < 4.78 is 9.99. The standard InChI is InChI=1S/C16H32O2.C14H28O2/c1-3-5-7-8-9-10-11-12-13-14-16(17)18-15-6-4-2;1-3-5-6-7-8-9-10-11-12-13-14(15)16-4-2/h3-15H2,1-2H3;3-13H2,1-2H3. The lowest BCUT2D eigenvalue weighted by molar-refractivity contribution is -0.144. The number of hydrogen-bond donors (Lipinski definition) is 0. The monoisotopic (exact) mass is 484 g/mol. The van der Waals surface area contributed by atoms with E-state index in [0.717, 1.165) is 25.7 Å². The number of unbranched alkanes of at least 4 members (excludes halogenated alkanes) is 17. The molecule has 4 nitrogen and oxygen atoms in total. The Bertz CT molecular complexity index is 409. The molecule has 0 atom stereocenters. The number of carbonyl (C=O) groups is 2. The van der Waals surface area contributed by atoms with Crippen molar-refractivity contribution in [3.05, 3.63) is 0 Å². The Morgan fingerprint density at radius 1 is 0.412 bits per heavy atom. The highest BCUT2D eigenvalue weighted by atomic mass is 16.5. The molecule has 0 bridgehead atoms. The van der Waals surface area contributed by atoms with Crippen LogP contribution in [0, 0.1) is 0 Å². The van der Waals surface area contributed by atoms with Gasteiger partial charge in [0.1, 0.15) is 0 Å². The highest BCUT2D eigenvalue weighted by molar-refractivity contribution is 5.69. The third-order valence-corrected chi connectivity index (χ3v) is 6.04. The maximum atomic E-state index is 11.3. The van der Waals surface area contributed by atoms with Crippen LogP contribution in [0.4, 0.5) is 0 Å². The first kappa shape index (κ1) is 35.1. The zero-order valence-electron chi connectivity index (χ0n) is 23.6. The van der Waals surface area contributed by atoms with Crippen LogP contribution in [-0.4, -0.2) is 25.2 Å². The van der Waals surface area contributed by atoms with Crippen LogP contribution in [0.1, 0.15) is 169 Å². The zero-order chi connectivity index (χ0) is 25.5. The van der Waals surface area contributed by atoms with Gasteiger partial charge in [-0.2, -0.15) is 0 Å². The largest absolute Gasteiger partial charge is 0.466 e. The molecule has 0 N–H and O–H groups in total. The van der Waals surface area contributed by atoms with Crippen LogP contribution in [0.25, 0.3) is 0 Å². The van der Waals surface area contributed by atoms with Crippen molar-refractivity contribution in [3.8, 4) is 0 Å². The van der Waals surface area contributed by atoms with Crippen LogP contribution in [0.3, 0.4) is 0 Å². The Labute approximate surface area is 213 Å². The second-order valence-electron chi connectivity index (χ2n) is 9.54. The molecule has 34 heavy (non-hydrogen) atoms. The van der Waals surface area contributed by atoms with Crippen LogP contribution in [0.15, 0.2) is 0 Å². The van der Waals surface area contributed by atoms with E-state index < -0.39 is 0 Å². The van der Waals surface area contributed by atoms with Gasteiger partial charge in [-0.05, 0) is 26.2 Å². The average Bonchev–Trinajstić information content (AvgIpc) is 2.83. The van der Waals surface area contributed by atoms with E-state index in [2.05, 4.69) is 20.8 Å². The van der Waals surface area contributed by atoms with Gasteiger partial charge in [-0.15, -0.1) is 0 Å². The normalized spacial score (nSPS) is 10.5. The molecule has 0 saturated carbocycles. The third kappa shape index (κ3) is 33.1. The molecule has 0 amide bonds. The summed E-state index contributed by atoms with van der Waals surface area (Å²) in [5, 5.41) is 0. The highest BCUT2D eigenvalue weighted by Gasteiger charge is 2.02. The molecular formula is C30H60O4. The summed E-state index contributed by atoms with van der Waals surface area (Å²) >= 11 is 0. The molecule has 204 valence electrons. The van der Waals surface area contributed by atoms with Gasteiger partial charge in [-0.25, -0.2) is 0 Å². The number of carbonyl (C=O) groups excluding carboxylic acids is 2. The summed E-state index contributed by atoms with van der Waals surface area (Å²) in [7, 11) is 0. The molecular weight excluding hydrogens is 424 g/mol. The van der Waals surface area contributed by atoms with Crippen molar-refractivity contribution in [2.24, 2.45) is 0 Å². The molecule has 0 spiro atoms. The van der Waals surface area contributed by atoms with Crippen molar-refractivity contribution in [1.82, 2.24) is 0 Å². The van der Waals surface area contributed by atoms with Crippen molar-refractivity contribution in [1.29, 1.82) is 0 Å². The molecule has 0 aliphatic carbocycles. The molecule has 0 aromatic carbocycles. The second-order valence-corrected chi connectivity index (χ2v) is 9.54. The van der Waals surface area contributed by atoms with E-state index in [1.54, 1.807) is 0 Å². The van der Waals surface area contributed by atoms with Crippen molar-refractivity contribution < 1.29 is 19.1 Å². The lowest BCUT2D eigenvalue weighted by Crippen LogP contribution is -2.05. The minimum absolute atomic E-state index is 0.00797. The van der Waals surface area contributed by atoms with Gasteiger partial charge < -0.3 is 9.47 Å². The molecule has 0 heterocycles. The lowest BCUT2D eigenvalue weighted by atomic mass is 10.1. The summed E-state index contributed by atoms with van der Waals surface area (Å²) in [5.74, 6) is -0.0446. The first-order chi connectivity index (χ1) is 16.6. The fraction of sp³-hybridized carbons (Fsp3) is 0.933. The number of ether oxygens (including phenoxy) is 2. The van der Waals surface area contributed by atoms with Gasteiger partial charge in [0, 0.05) is 12.8 Å². The van der Waals surface area contributed by atoms with Gasteiger partial charge in [0.05, 0.1) is 13.2 Å². The smallest absolute Gasteiger partial charge is 0.305 e. The molecule has 0 saturated heterocycles. The maximum Gasteiger partial charge on any atom is 0.305 e. The summed E-state index contributed by atoms with van der Waals surface area (Å²) in [6.45, 7) is 9.57. The van der Waals surface area contributed by atoms with E-state index >= 15 is 0 Å². The van der Waals surface area contributed by atoms with Gasteiger partial charge in [0.2, 0.25) is 0 Å². The molecule has 0 rings (SSSR count). The van der Waals surface area contributed by atoms with Crippen molar-refractivity contribution >= 4 is 11.9 Å². The van der Waals surface area contributed by atoms with Crippen molar-refractivity contribution in [2.75, 3.05) is 13.2 Å². The van der Waals surface area contributed by atoms with Gasteiger partial charge in [0.15, 0.2) is 0 Å². The molecule has 0 fully saturated rings. The van der Waals surface area contributed by atoms with Crippen LogP contribution in [0.2, 0.25) is 0 Å². The van der Waals surface area contributed by atoms with Crippen LogP contribution in [0.5, 0.6) is 0 Å². The Balaban J connectivity index is 0. The van der Waals surface area contributed by atoms with Crippen LogP contribution >= 0.6 is 0 Å². The predicted molar refractivity (Wildman–Crippen MR) is 146 cm³/mol. The quantitative estimate of drug-likeness (QED) is 0.101. The van der Waals surface area contributed by atoms with Gasteiger partial charge >= 0.3 is 11.9 Å². The van der Waals surface area contributed by atoms with E-state index in [1.807, 2.05) is 6.92 Å². The Morgan fingerprint density at radius 3 is 1.09 bits per heavy atom. The summed E-state index contributed by atoms with van der Waals surface area (Å²) in [6, 6.07) is 0. The minimum atomic E-state index is -0.0366. The topological polar surface area (TPSA) is 52.6 Å². The van der Waals surface area contributed by atoms with Gasteiger partial charge in [-0.3, -0.25) is 9.59 Å². The molecule has 0 unspecified atom stereocenters. The first-order valence-corrected chi connectivity index (χ1v) is 14.9. The van der Waals surface area contributed by atoms with E-state index in [9.17, 15) is 9.59 Å². The van der Waals surface area contributed by atoms with E-state index in [4.69, 9.17) is 9.47 Å². The lowest BCUT2D eigenvalue weighted by Gasteiger charge is -2.04. The molecule has 0 aliphatic heterocycles. The van der Waals surface area contributed by atoms with E-state index in [-0.39, 0.29) is 11.9 Å². The average molecular weight is 485 g/mol. The van der Waals surface area contributed by atoms with Gasteiger partial charge in [-0.1, -0.05) is 130 Å². The number of hydrogen-bond acceptors (Lipinski definition) is 4. The number of rotatable bonds is 24. The summed E-state index contributed by atoms with van der Waals surface area (Å²) in [4.78, 5) is 22.3. The Kier molecular flexibility index (Phi) is 33.0. The summed E-state index contributed by atoms with van der Waals surface area (Å²) in [6.07, 6.45) is 26.5.